The van der Waals surface area contributed by atoms with Crippen molar-refractivity contribution in [1.82, 2.24) is 5.32 Å². The maximum absolute atomic E-state index is 11.9. The molecule has 0 spiro atoms. The average molecular weight is 293 g/mol. The number of carboxylic acids is 1. The Morgan fingerprint density at radius 3 is 2.33 bits per heavy atom. The van der Waals surface area contributed by atoms with Crippen molar-refractivity contribution in [3.8, 4) is 0 Å². The van der Waals surface area contributed by atoms with E-state index in [1.165, 1.54) is 0 Å². The molecule has 0 aliphatic carbocycles. The van der Waals surface area contributed by atoms with Crippen LogP contribution in [0, 0.1) is 0 Å². The normalized spacial score (nSPS) is 13.2. The molecule has 0 unspecified atom stereocenters. The molecule has 1 rings (SSSR count). The molecule has 7 heteroatoms. The van der Waals surface area contributed by atoms with E-state index in [0.29, 0.717) is 6.42 Å². The summed E-state index contributed by atoms with van der Waals surface area (Å²) in [5.41, 5.74) is 11.6. The third-order valence-electron chi connectivity index (χ3n) is 2.93. The Hall–Kier alpha value is -2.41. The van der Waals surface area contributed by atoms with Gasteiger partial charge in [-0.3, -0.25) is 9.59 Å². The lowest BCUT2D eigenvalue weighted by molar-refractivity contribution is -0.142. The maximum Gasteiger partial charge on any atom is 0.326 e. The Balaban J connectivity index is 2.56. The summed E-state index contributed by atoms with van der Waals surface area (Å²) in [5, 5.41) is 11.3. The van der Waals surface area contributed by atoms with E-state index in [2.05, 4.69) is 5.32 Å². The summed E-state index contributed by atoms with van der Waals surface area (Å²) >= 11 is 0. The van der Waals surface area contributed by atoms with Gasteiger partial charge in [0.15, 0.2) is 0 Å². The van der Waals surface area contributed by atoms with Gasteiger partial charge in [-0.05, 0) is 18.4 Å². The zero-order chi connectivity index (χ0) is 15.8. The molecule has 0 bridgehead atoms. The Labute approximate surface area is 122 Å². The van der Waals surface area contributed by atoms with Crippen molar-refractivity contribution in [2.75, 3.05) is 0 Å². The fourth-order valence-corrected chi connectivity index (χ4v) is 1.78. The molecule has 0 aliphatic heterocycles. The molecule has 0 fully saturated rings. The molecule has 2 amide bonds. The highest BCUT2D eigenvalue weighted by atomic mass is 16.4. The number of carbonyl (C=O) groups excluding carboxylic acids is 2. The summed E-state index contributed by atoms with van der Waals surface area (Å²) in [6.07, 6.45) is 0.120. The monoisotopic (exact) mass is 293 g/mol. The van der Waals surface area contributed by atoms with Gasteiger partial charge in [0.25, 0.3) is 0 Å². The second-order valence-electron chi connectivity index (χ2n) is 4.70. The molecule has 0 aliphatic rings. The highest BCUT2D eigenvalue weighted by molar-refractivity contribution is 5.87. The molecule has 0 aromatic heterocycles. The summed E-state index contributed by atoms with van der Waals surface area (Å²) in [6, 6.07) is 7.12. The van der Waals surface area contributed by atoms with Crippen molar-refractivity contribution < 1.29 is 19.5 Å². The molecule has 1 aromatic carbocycles. The van der Waals surface area contributed by atoms with E-state index in [1.807, 2.05) is 30.3 Å². The van der Waals surface area contributed by atoms with Gasteiger partial charge in [-0.15, -0.1) is 0 Å². The number of nitrogens with one attached hydrogen (secondary N) is 1. The first-order valence-electron chi connectivity index (χ1n) is 6.51. The molecule has 6 N–H and O–H groups in total. The van der Waals surface area contributed by atoms with Crippen molar-refractivity contribution in [3.63, 3.8) is 0 Å². The van der Waals surface area contributed by atoms with Crippen LogP contribution in [-0.4, -0.2) is 35.0 Å². The zero-order valence-electron chi connectivity index (χ0n) is 11.5. The summed E-state index contributed by atoms with van der Waals surface area (Å²) in [6.45, 7) is 0. The van der Waals surface area contributed by atoms with E-state index in [4.69, 9.17) is 16.6 Å². The fourth-order valence-electron chi connectivity index (χ4n) is 1.78. The van der Waals surface area contributed by atoms with Crippen molar-refractivity contribution in [2.45, 2.75) is 31.3 Å². The minimum atomic E-state index is -1.23. The van der Waals surface area contributed by atoms with Crippen LogP contribution in [0.4, 0.5) is 0 Å². The quantitative estimate of drug-likeness (QED) is 0.507. The number of benzene rings is 1. The third-order valence-corrected chi connectivity index (χ3v) is 2.93. The second-order valence-corrected chi connectivity index (χ2v) is 4.70. The molecule has 1 aromatic rings. The summed E-state index contributed by atoms with van der Waals surface area (Å²) in [4.78, 5) is 33.6. The van der Waals surface area contributed by atoms with Gasteiger partial charge in [0.2, 0.25) is 11.8 Å². The summed E-state index contributed by atoms with van der Waals surface area (Å²) in [7, 11) is 0. The van der Waals surface area contributed by atoms with Crippen molar-refractivity contribution >= 4 is 17.8 Å². The number of primary amides is 1. The molecule has 0 radical (unpaired) electrons. The highest BCUT2D eigenvalue weighted by Gasteiger charge is 2.23. The smallest absolute Gasteiger partial charge is 0.326 e. The molecule has 0 saturated heterocycles. The Kier molecular flexibility index (Phi) is 6.35. The first-order chi connectivity index (χ1) is 9.90. The standard InChI is InChI=1S/C14H19N3O4/c15-10(8-9-4-2-1-3-5-9)13(19)17-11(14(20)21)6-7-12(16)18/h1-5,10-11H,6-8,15H2,(H2,16,18)(H,17,19)(H,20,21)/t10-,11+/m0/s1. The fraction of sp³-hybridized carbons (Fsp3) is 0.357. The van der Waals surface area contributed by atoms with E-state index < -0.39 is 29.9 Å². The molecule has 21 heavy (non-hydrogen) atoms. The number of carbonyl (C=O) groups is 3. The Morgan fingerprint density at radius 1 is 1.19 bits per heavy atom. The maximum atomic E-state index is 11.9. The number of amides is 2. The molecule has 114 valence electrons. The lowest BCUT2D eigenvalue weighted by Gasteiger charge is -2.17. The van der Waals surface area contributed by atoms with E-state index in [0.717, 1.165) is 5.56 Å². The van der Waals surface area contributed by atoms with Crippen LogP contribution in [-0.2, 0) is 20.8 Å². The number of carboxylic acid groups (broad SMARTS) is 1. The molecule has 2 atom stereocenters. The van der Waals surface area contributed by atoms with Gasteiger partial charge in [0.1, 0.15) is 6.04 Å². The largest absolute Gasteiger partial charge is 0.480 e. The SMILES string of the molecule is NC(=O)CC[C@@H](NC(=O)[C@@H](N)Cc1ccccc1)C(=O)O. The van der Waals surface area contributed by atoms with Gasteiger partial charge in [-0.2, -0.15) is 0 Å². The summed E-state index contributed by atoms with van der Waals surface area (Å²) < 4.78 is 0. The van der Waals surface area contributed by atoms with Crippen LogP contribution in [0.2, 0.25) is 0 Å². The first-order valence-corrected chi connectivity index (χ1v) is 6.51. The van der Waals surface area contributed by atoms with Crippen LogP contribution in [0.5, 0.6) is 0 Å². The number of hydrogen-bond acceptors (Lipinski definition) is 4. The number of nitrogens with two attached hydrogens (primary N) is 2. The van der Waals surface area contributed by atoms with E-state index in [9.17, 15) is 14.4 Å². The van der Waals surface area contributed by atoms with Crippen molar-refractivity contribution in [1.29, 1.82) is 0 Å². The highest BCUT2D eigenvalue weighted by Crippen LogP contribution is 2.03. The first kappa shape index (κ1) is 16.6. The van der Waals surface area contributed by atoms with Gasteiger partial charge in [0.05, 0.1) is 6.04 Å². The molecule has 0 saturated carbocycles. The molecule has 7 nitrogen and oxygen atoms in total. The van der Waals surface area contributed by atoms with Crippen LogP contribution in [0.25, 0.3) is 0 Å². The van der Waals surface area contributed by atoms with Gasteiger partial charge < -0.3 is 21.9 Å². The summed E-state index contributed by atoms with van der Waals surface area (Å²) in [5.74, 6) is -2.42. The van der Waals surface area contributed by atoms with Crippen molar-refractivity contribution in [2.24, 2.45) is 11.5 Å². The van der Waals surface area contributed by atoms with Gasteiger partial charge in [-0.25, -0.2) is 4.79 Å². The van der Waals surface area contributed by atoms with E-state index >= 15 is 0 Å². The van der Waals surface area contributed by atoms with Crippen molar-refractivity contribution in [3.05, 3.63) is 35.9 Å². The van der Waals surface area contributed by atoms with Crippen LogP contribution in [0.15, 0.2) is 30.3 Å². The third kappa shape index (κ3) is 6.05. The molecular weight excluding hydrogens is 274 g/mol. The number of hydrogen-bond donors (Lipinski definition) is 4. The zero-order valence-corrected chi connectivity index (χ0v) is 11.5. The Morgan fingerprint density at radius 2 is 1.81 bits per heavy atom. The van der Waals surface area contributed by atoms with Gasteiger partial charge in [-0.1, -0.05) is 30.3 Å². The minimum Gasteiger partial charge on any atom is -0.480 e. The number of rotatable bonds is 8. The van der Waals surface area contributed by atoms with Crippen LogP contribution in [0.1, 0.15) is 18.4 Å². The molecular formula is C14H19N3O4. The Bertz CT molecular complexity index is 504. The molecule has 0 heterocycles. The number of aliphatic carboxylic acids is 1. The topological polar surface area (TPSA) is 136 Å². The lowest BCUT2D eigenvalue weighted by atomic mass is 10.1. The average Bonchev–Trinajstić information content (AvgIpc) is 2.43. The van der Waals surface area contributed by atoms with E-state index in [1.54, 1.807) is 0 Å². The second kappa shape index (κ2) is 8.01. The van der Waals surface area contributed by atoms with Crippen LogP contribution < -0.4 is 16.8 Å². The predicted octanol–water partition coefficient (Wildman–Crippen LogP) is -0.609. The van der Waals surface area contributed by atoms with Gasteiger partial charge in [0, 0.05) is 6.42 Å². The lowest BCUT2D eigenvalue weighted by Crippen LogP contribution is -2.49. The van der Waals surface area contributed by atoms with Crippen LogP contribution in [0.3, 0.4) is 0 Å². The van der Waals surface area contributed by atoms with Crippen LogP contribution >= 0.6 is 0 Å². The predicted molar refractivity (Wildman–Crippen MR) is 76.1 cm³/mol. The van der Waals surface area contributed by atoms with E-state index in [-0.39, 0.29) is 12.8 Å². The van der Waals surface area contributed by atoms with Gasteiger partial charge >= 0.3 is 5.97 Å². The minimum absolute atomic E-state index is 0.0610.